The first-order chi connectivity index (χ1) is 4.24. The van der Waals surface area contributed by atoms with Crippen LogP contribution in [0, 0.1) is 5.92 Å². The van der Waals surface area contributed by atoms with E-state index < -0.39 is 0 Å². The summed E-state index contributed by atoms with van der Waals surface area (Å²) in [5.41, 5.74) is 0. The third kappa shape index (κ3) is 1.30. The van der Waals surface area contributed by atoms with Gasteiger partial charge in [-0.3, -0.25) is 4.79 Å². The van der Waals surface area contributed by atoms with Crippen molar-refractivity contribution in [3.8, 4) is 0 Å². The lowest BCUT2D eigenvalue weighted by molar-refractivity contribution is -0.127. The van der Waals surface area contributed by atoms with Crippen LogP contribution in [-0.4, -0.2) is 30.8 Å². The number of rotatable bonds is 2. The fourth-order valence-electron chi connectivity index (χ4n) is 1.19. The summed E-state index contributed by atoms with van der Waals surface area (Å²) in [6.45, 7) is 3.89. The number of carbonyl (C=O) groups is 1. The van der Waals surface area contributed by atoms with E-state index in [1.165, 1.54) is 0 Å². The van der Waals surface area contributed by atoms with Crippen molar-refractivity contribution in [2.24, 2.45) is 5.92 Å². The molecule has 2 nitrogen and oxygen atoms in total. The molecule has 0 unspecified atom stereocenters. The van der Waals surface area contributed by atoms with Gasteiger partial charge < -0.3 is 4.90 Å². The molecule has 2 heteroatoms. The van der Waals surface area contributed by atoms with E-state index in [0.29, 0.717) is 18.1 Å². The van der Waals surface area contributed by atoms with Crippen molar-refractivity contribution in [3.05, 3.63) is 0 Å². The van der Waals surface area contributed by atoms with E-state index in [9.17, 15) is 4.79 Å². The van der Waals surface area contributed by atoms with Crippen LogP contribution in [0.2, 0.25) is 0 Å². The number of hydrogen-bond acceptors (Lipinski definition) is 2. The second-order valence-corrected chi connectivity index (χ2v) is 2.74. The SMILES string of the molecule is CCC(=O)C1CN(C)C1. The van der Waals surface area contributed by atoms with Crippen LogP contribution in [0.25, 0.3) is 0 Å². The molecule has 0 N–H and O–H groups in total. The standard InChI is InChI=1S/C7H13NO/c1-3-7(9)6-4-8(2)5-6/h6H,3-5H2,1-2H3. The van der Waals surface area contributed by atoms with Crippen molar-refractivity contribution in [2.75, 3.05) is 20.1 Å². The van der Waals surface area contributed by atoms with Gasteiger partial charge in [0.25, 0.3) is 0 Å². The average Bonchev–Trinajstić information content (AvgIpc) is 1.79. The molecule has 1 aliphatic heterocycles. The summed E-state index contributed by atoms with van der Waals surface area (Å²) >= 11 is 0. The predicted octanol–water partition coefficient (Wildman–Crippen LogP) is 0.527. The van der Waals surface area contributed by atoms with Gasteiger partial charge in [0, 0.05) is 25.4 Å². The van der Waals surface area contributed by atoms with Crippen LogP contribution in [0.4, 0.5) is 0 Å². The van der Waals surface area contributed by atoms with Gasteiger partial charge in [-0.1, -0.05) is 6.92 Å². The Kier molecular flexibility index (Phi) is 1.86. The molecule has 0 saturated carbocycles. The molecule has 0 amide bonds. The predicted molar refractivity (Wildman–Crippen MR) is 36.3 cm³/mol. The fourth-order valence-corrected chi connectivity index (χ4v) is 1.19. The Labute approximate surface area is 55.8 Å². The van der Waals surface area contributed by atoms with E-state index in [0.717, 1.165) is 13.1 Å². The van der Waals surface area contributed by atoms with Crippen LogP contribution in [0.3, 0.4) is 0 Å². The van der Waals surface area contributed by atoms with E-state index in [1.807, 2.05) is 14.0 Å². The van der Waals surface area contributed by atoms with E-state index in [2.05, 4.69) is 4.90 Å². The molecule has 1 fully saturated rings. The Morgan fingerprint density at radius 3 is 2.56 bits per heavy atom. The van der Waals surface area contributed by atoms with Crippen LogP contribution in [0.1, 0.15) is 13.3 Å². The normalized spacial score (nSPS) is 21.6. The zero-order valence-electron chi connectivity index (χ0n) is 6.05. The zero-order chi connectivity index (χ0) is 6.85. The maximum atomic E-state index is 10.9. The Morgan fingerprint density at radius 2 is 2.22 bits per heavy atom. The summed E-state index contributed by atoms with van der Waals surface area (Å²) in [5.74, 6) is 0.785. The number of carbonyl (C=O) groups excluding carboxylic acids is 1. The molecule has 0 atom stereocenters. The molecular weight excluding hydrogens is 114 g/mol. The molecule has 1 rings (SSSR count). The van der Waals surface area contributed by atoms with Gasteiger partial charge in [-0.15, -0.1) is 0 Å². The first-order valence-electron chi connectivity index (χ1n) is 3.45. The lowest BCUT2D eigenvalue weighted by atomic mass is 9.95. The van der Waals surface area contributed by atoms with Crippen LogP contribution in [-0.2, 0) is 4.79 Å². The molecule has 52 valence electrons. The molecule has 0 aromatic rings. The smallest absolute Gasteiger partial charge is 0.138 e. The highest BCUT2D eigenvalue weighted by Gasteiger charge is 2.27. The molecule has 0 aromatic heterocycles. The lowest BCUT2D eigenvalue weighted by Crippen LogP contribution is -2.47. The zero-order valence-corrected chi connectivity index (χ0v) is 6.05. The monoisotopic (exact) mass is 127 g/mol. The first kappa shape index (κ1) is 6.75. The molecule has 0 bridgehead atoms. The number of ketones is 1. The molecular formula is C7H13NO. The van der Waals surface area contributed by atoms with Crippen molar-refractivity contribution in [1.29, 1.82) is 0 Å². The molecule has 9 heavy (non-hydrogen) atoms. The second kappa shape index (κ2) is 2.48. The summed E-state index contributed by atoms with van der Waals surface area (Å²) in [6, 6.07) is 0. The fraction of sp³-hybridized carbons (Fsp3) is 0.857. The largest absolute Gasteiger partial charge is 0.305 e. The van der Waals surface area contributed by atoms with Gasteiger partial charge in [-0.2, -0.15) is 0 Å². The summed E-state index contributed by atoms with van der Waals surface area (Å²) in [7, 11) is 2.04. The van der Waals surface area contributed by atoms with Gasteiger partial charge in [0.1, 0.15) is 5.78 Å². The van der Waals surface area contributed by atoms with Crippen molar-refractivity contribution < 1.29 is 4.79 Å². The van der Waals surface area contributed by atoms with E-state index >= 15 is 0 Å². The van der Waals surface area contributed by atoms with E-state index in [4.69, 9.17) is 0 Å². The molecule has 1 saturated heterocycles. The minimum atomic E-state index is 0.361. The Bertz CT molecular complexity index is 116. The topological polar surface area (TPSA) is 20.3 Å². The first-order valence-corrected chi connectivity index (χ1v) is 3.45. The van der Waals surface area contributed by atoms with Crippen molar-refractivity contribution in [2.45, 2.75) is 13.3 Å². The van der Waals surface area contributed by atoms with Crippen LogP contribution in [0.5, 0.6) is 0 Å². The van der Waals surface area contributed by atoms with Crippen LogP contribution >= 0.6 is 0 Å². The third-order valence-electron chi connectivity index (χ3n) is 1.87. The Hall–Kier alpha value is -0.370. The van der Waals surface area contributed by atoms with Gasteiger partial charge in [0.15, 0.2) is 0 Å². The third-order valence-corrected chi connectivity index (χ3v) is 1.87. The summed E-state index contributed by atoms with van der Waals surface area (Å²) in [4.78, 5) is 13.1. The van der Waals surface area contributed by atoms with Gasteiger partial charge in [-0.25, -0.2) is 0 Å². The van der Waals surface area contributed by atoms with Gasteiger partial charge in [0.2, 0.25) is 0 Å². The molecule has 0 spiro atoms. The average molecular weight is 127 g/mol. The van der Waals surface area contributed by atoms with E-state index in [1.54, 1.807) is 0 Å². The van der Waals surface area contributed by atoms with Crippen LogP contribution in [0.15, 0.2) is 0 Å². The molecule has 1 aliphatic rings. The van der Waals surface area contributed by atoms with Gasteiger partial charge in [0.05, 0.1) is 0 Å². The quantitative estimate of drug-likeness (QED) is 0.539. The second-order valence-electron chi connectivity index (χ2n) is 2.74. The minimum absolute atomic E-state index is 0.361. The summed E-state index contributed by atoms with van der Waals surface area (Å²) in [5, 5.41) is 0. The Morgan fingerprint density at radius 1 is 1.67 bits per heavy atom. The Balaban J connectivity index is 2.23. The highest BCUT2D eigenvalue weighted by atomic mass is 16.1. The van der Waals surface area contributed by atoms with Gasteiger partial charge >= 0.3 is 0 Å². The highest BCUT2D eigenvalue weighted by molar-refractivity contribution is 5.81. The molecule has 0 aromatic carbocycles. The lowest BCUT2D eigenvalue weighted by Gasteiger charge is -2.34. The number of nitrogens with zero attached hydrogens (tertiary/aromatic N) is 1. The molecule has 0 radical (unpaired) electrons. The van der Waals surface area contributed by atoms with Crippen molar-refractivity contribution in [3.63, 3.8) is 0 Å². The maximum absolute atomic E-state index is 10.9. The van der Waals surface area contributed by atoms with Crippen molar-refractivity contribution >= 4 is 5.78 Å². The molecule has 1 heterocycles. The maximum Gasteiger partial charge on any atom is 0.138 e. The van der Waals surface area contributed by atoms with Crippen LogP contribution < -0.4 is 0 Å². The molecule has 0 aliphatic carbocycles. The highest BCUT2D eigenvalue weighted by Crippen LogP contribution is 2.14. The summed E-state index contributed by atoms with van der Waals surface area (Å²) in [6.07, 6.45) is 0.707. The summed E-state index contributed by atoms with van der Waals surface area (Å²) < 4.78 is 0. The number of hydrogen-bond donors (Lipinski definition) is 0. The minimum Gasteiger partial charge on any atom is -0.305 e. The van der Waals surface area contributed by atoms with E-state index in [-0.39, 0.29) is 0 Å². The number of Topliss-reactive ketones (excluding diaryl/α,β-unsaturated/α-hetero) is 1. The van der Waals surface area contributed by atoms with Gasteiger partial charge in [-0.05, 0) is 7.05 Å². The number of likely N-dealkylation sites (tertiary alicyclic amines) is 1. The van der Waals surface area contributed by atoms with Crippen molar-refractivity contribution in [1.82, 2.24) is 4.90 Å².